The van der Waals surface area contributed by atoms with E-state index in [0.717, 1.165) is 0 Å². The summed E-state index contributed by atoms with van der Waals surface area (Å²) in [6.45, 7) is 0.761. The van der Waals surface area contributed by atoms with Crippen LogP contribution in [-0.4, -0.2) is 41.9 Å². The average molecular weight is 265 g/mol. The van der Waals surface area contributed by atoms with E-state index in [1.807, 2.05) is 0 Å². The molecule has 1 unspecified atom stereocenters. The number of halogens is 2. The summed E-state index contributed by atoms with van der Waals surface area (Å²) in [5, 5.41) is 9.79. The topological polar surface area (TPSA) is 67.8 Å². The van der Waals surface area contributed by atoms with Crippen molar-refractivity contribution < 1.29 is 28.3 Å². The number of carbonyl (C=O) groups is 1. The van der Waals surface area contributed by atoms with Gasteiger partial charge in [-0.05, 0) is 12.8 Å². The zero-order valence-corrected chi connectivity index (χ0v) is 9.95. The van der Waals surface area contributed by atoms with Crippen molar-refractivity contribution in [3.05, 3.63) is 0 Å². The lowest BCUT2D eigenvalue weighted by atomic mass is 9.93. The normalized spacial score (nSPS) is 27.4. The number of carbonyl (C=O) groups excluding carboxylic acids is 1. The summed E-state index contributed by atoms with van der Waals surface area (Å²) < 4.78 is 32.6. The molecule has 2 rings (SSSR count). The summed E-state index contributed by atoms with van der Waals surface area (Å²) in [7, 11) is 0. The molecule has 0 bridgehead atoms. The van der Waals surface area contributed by atoms with Gasteiger partial charge in [0, 0.05) is 13.0 Å². The highest BCUT2D eigenvalue weighted by atomic mass is 19.3. The van der Waals surface area contributed by atoms with Crippen molar-refractivity contribution in [3.8, 4) is 0 Å². The van der Waals surface area contributed by atoms with E-state index in [0.29, 0.717) is 25.9 Å². The summed E-state index contributed by atoms with van der Waals surface area (Å²) >= 11 is 0. The molecule has 0 aromatic heterocycles. The van der Waals surface area contributed by atoms with Crippen molar-refractivity contribution in [2.24, 2.45) is 0 Å². The number of nitrogens with one attached hydrogen (secondary N) is 1. The van der Waals surface area contributed by atoms with Gasteiger partial charge in [-0.1, -0.05) is 12.8 Å². The number of alkyl halides is 2. The van der Waals surface area contributed by atoms with Gasteiger partial charge < -0.3 is 9.84 Å². The predicted molar refractivity (Wildman–Crippen MR) is 56.8 cm³/mol. The first-order valence-corrected chi connectivity index (χ1v) is 6.10. The van der Waals surface area contributed by atoms with Crippen LogP contribution in [-0.2, 0) is 14.4 Å². The molecule has 0 aromatic carbocycles. The molecule has 0 radical (unpaired) electrons. The first-order chi connectivity index (χ1) is 8.46. The molecule has 0 spiro atoms. The second-order valence-corrected chi connectivity index (χ2v) is 4.85. The molecule has 104 valence electrons. The number of rotatable bonds is 4. The molecule has 5 nitrogen and oxygen atoms in total. The Morgan fingerprint density at radius 2 is 2.11 bits per heavy atom. The molecule has 1 aliphatic carbocycles. The van der Waals surface area contributed by atoms with Crippen LogP contribution in [0.4, 0.5) is 8.78 Å². The first kappa shape index (κ1) is 13.6. The van der Waals surface area contributed by atoms with Crippen LogP contribution < -0.4 is 5.48 Å². The highest BCUT2D eigenvalue weighted by Crippen LogP contribution is 2.42. The van der Waals surface area contributed by atoms with Crippen molar-refractivity contribution in [2.75, 3.05) is 13.2 Å². The lowest BCUT2D eigenvalue weighted by Gasteiger charge is -2.30. The van der Waals surface area contributed by atoms with E-state index >= 15 is 0 Å². The molecule has 1 saturated heterocycles. The maximum absolute atomic E-state index is 13.8. The minimum atomic E-state index is -3.83. The van der Waals surface area contributed by atoms with Crippen molar-refractivity contribution >= 4 is 5.91 Å². The number of hydroxylamine groups is 1. The van der Waals surface area contributed by atoms with E-state index in [-0.39, 0.29) is 19.4 Å². The SMILES string of the molecule is O=C(NOC1CCOC1)C(F)(F)C1(O)CCCC1. The lowest BCUT2D eigenvalue weighted by molar-refractivity contribution is -0.203. The summed E-state index contributed by atoms with van der Waals surface area (Å²) in [6.07, 6.45) is 1.01. The molecule has 0 aromatic rings. The Morgan fingerprint density at radius 1 is 1.44 bits per heavy atom. The molecular weight excluding hydrogens is 248 g/mol. The minimum Gasteiger partial charge on any atom is -0.383 e. The fourth-order valence-electron chi connectivity index (χ4n) is 2.29. The van der Waals surface area contributed by atoms with E-state index in [1.54, 1.807) is 5.48 Å². The molecule has 1 saturated carbocycles. The van der Waals surface area contributed by atoms with E-state index in [9.17, 15) is 18.7 Å². The Labute approximate surface area is 103 Å². The number of aliphatic hydroxyl groups is 1. The maximum Gasteiger partial charge on any atom is 0.354 e. The van der Waals surface area contributed by atoms with Gasteiger partial charge in [0.15, 0.2) is 0 Å². The average Bonchev–Trinajstić information content (AvgIpc) is 2.97. The van der Waals surface area contributed by atoms with E-state index in [2.05, 4.69) is 0 Å². The molecule has 2 N–H and O–H groups in total. The fraction of sp³-hybridized carbons (Fsp3) is 0.909. The van der Waals surface area contributed by atoms with Crippen LogP contribution in [0.25, 0.3) is 0 Å². The number of ether oxygens (including phenoxy) is 1. The number of hydrogen-bond acceptors (Lipinski definition) is 4. The van der Waals surface area contributed by atoms with Gasteiger partial charge in [0.2, 0.25) is 0 Å². The van der Waals surface area contributed by atoms with Crippen LogP contribution in [0.2, 0.25) is 0 Å². The van der Waals surface area contributed by atoms with Crippen LogP contribution in [0, 0.1) is 0 Å². The Kier molecular flexibility index (Phi) is 3.84. The van der Waals surface area contributed by atoms with Crippen LogP contribution in [0.1, 0.15) is 32.1 Å². The fourth-order valence-corrected chi connectivity index (χ4v) is 2.29. The van der Waals surface area contributed by atoms with Crippen molar-refractivity contribution in [1.82, 2.24) is 5.48 Å². The van der Waals surface area contributed by atoms with Gasteiger partial charge in [0.1, 0.15) is 11.7 Å². The largest absolute Gasteiger partial charge is 0.383 e. The van der Waals surface area contributed by atoms with Crippen LogP contribution >= 0.6 is 0 Å². The smallest absolute Gasteiger partial charge is 0.354 e. The zero-order chi connectivity index (χ0) is 13.2. The predicted octanol–water partition coefficient (Wildman–Crippen LogP) is 0.763. The molecular formula is C11H17F2NO4. The Balaban J connectivity index is 1.89. The first-order valence-electron chi connectivity index (χ1n) is 6.10. The molecule has 1 amide bonds. The second kappa shape index (κ2) is 5.07. The zero-order valence-electron chi connectivity index (χ0n) is 9.95. The lowest BCUT2D eigenvalue weighted by Crippen LogP contribution is -2.56. The van der Waals surface area contributed by atoms with Gasteiger partial charge in [-0.25, -0.2) is 5.48 Å². The van der Waals surface area contributed by atoms with Crippen molar-refractivity contribution in [2.45, 2.75) is 49.7 Å². The number of hydrogen-bond donors (Lipinski definition) is 2. The minimum absolute atomic E-state index is 0.0695. The van der Waals surface area contributed by atoms with Gasteiger partial charge in [-0.3, -0.25) is 9.63 Å². The van der Waals surface area contributed by atoms with Gasteiger partial charge in [0.25, 0.3) is 0 Å². The third-order valence-corrected chi connectivity index (χ3v) is 3.51. The second-order valence-electron chi connectivity index (χ2n) is 4.85. The Bertz CT molecular complexity index is 312. The Morgan fingerprint density at radius 3 is 2.67 bits per heavy atom. The summed E-state index contributed by atoms with van der Waals surface area (Å²) in [4.78, 5) is 16.3. The molecule has 2 aliphatic rings. The number of amides is 1. The molecule has 2 fully saturated rings. The third-order valence-electron chi connectivity index (χ3n) is 3.51. The van der Waals surface area contributed by atoms with Gasteiger partial charge >= 0.3 is 11.8 Å². The van der Waals surface area contributed by atoms with Crippen molar-refractivity contribution in [1.29, 1.82) is 0 Å². The third kappa shape index (κ3) is 2.48. The maximum atomic E-state index is 13.8. The van der Waals surface area contributed by atoms with Gasteiger partial charge in [0.05, 0.1) is 6.61 Å². The van der Waals surface area contributed by atoms with E-state index in [1.165, 1.54) is 0 Å². The molecule has 1 heterocycles. The van der Waals surface area contributed by atoms with Gasteiger partial charge in [-0.15, -0.1) is 0 Å². The summed E-state index contributed by atoms with van der Waals surface area (Å²) in [6, 6.07) is 0. The van der Waals surface area contributed by atoms with E-state index < -0.39 is 23.5 Å². The molecule has 18 heavy (non-hydrogen) atoms. The van der Waals surface area contributed by atoms with Crippen LogP contribution in [0.5, 0.6) is 0 Å². The van der Waals surface area contributed by atoms with Crippen molar-refractivity contribution in [3.63, 3.8) is 0 Å². The van der Waals surface area contributed by atoms with Gasteiger partial charge in [-0.2, -0.15) is 8.78 Å². The van der Waals surface area contributed by atoms with Crippen LogP contribution in [0.3, 0.4) is 0 Å². The Hall–Kier alpha value is -0.790. The van der Waals surface area contributed by atoms with E-state index in [4.69, 9.17) is 9.57 Å². The molecule has 7 heteroatoms. The quantitative estimate of drug-likeness (QED) is 0.737. The van der Waals surface area contributed by atoms with Crippen LogP contribution in [0.15, 0.2) is 0 Å². The summed E-state index contributed by atoms with van der Waals surface area (Å²) in [5.74, 6) is -5.41. The highest BCUT2D eigenvalue weighted by Gasteiger charge is 2.59. The summed E-state index contributed by atoms with van der Waals surface area (Å²) in [5.41, 5.74) is -0.505. The molecule has 1 aliphatic heterocycles. The molecule has 1 atom stereocenters. The highest BCUT2D eigenvalue weighted by molar-refractivity contribution is 5.84. The standard InChI is InChI=1S/C11H17F2NO4/c12-11(13,10(16)4-1-2-5-10)9(15)14-18-8-3-6-17-7-8/h8,16H,1-7H2,(H,14,15). The monoisotopic (exact) mass is 265 g/mol.